The predicted molar refractivity (Wildman–Crippen MR) is 82.1 cm³/mol. The van der Waals surface area contributed by atoms with Gasteiger partial charge in [-0.15, -0.1) is 0 Å². The molecule has 0 saturated carbocycles. The second kappa shape index (κ2) is 9.50. The van der Waals surface area contributed by atoms with E-state index in [4.69, 9.17) is 5.73 Å². The summed E-state index contributed by atoms with van der Waals surface area (Å²) in [6.45, 7) is 9.41. The van der Waals surface area contributed by atoms with Crippen molar-refractivity contribution < 1.29 is 14.4 Å². The molecule has 3 atom stereocenters. The molecule has 0 saturated heterocycles. The van der Waals surface area contributed by atoms with Crippen molar-refractivity contribution >= 4 is 18.1 Å². The SMILES string of the molecule is CC(C)C[C@@H]([C]=O)NC(=O)[C@H](C)NC(=O)[C@@H](N)CC(C)C. The molecule has 2 amide bonds. The van der Waals surface area contributed by atoms with E-state index in [2.05, 4.69) is 10.6 Å². The topological polar surface area (TPSA) is 101 Å². The average molecular weight is 298 g/mol. The fourth-order valence-electron chi connectivity index (χ4n) is 1.91. The molecule has 0 heterocycles. The minimum absolute atomic E-state index is 0.265. The van der Waals surface area contributed by atoms with Crippen molar-refractivity contribution in [2.45, 2.75) is 65.6 Å². The number of nitrogens with one attached hydrogen (secondary N) is 2. The van der Waals surface area contributed by atoms with E-state index in [-0.39, 0.29) is 11.8 Å². The van der Waals surface area contributed by atoms with Gasteiger partial charge in [0.2, 0.25) is 18.1 Å². The molecule has 0 aromatic carbocycles. The maximum absolute atomic E-state index is 11.9. The lowest BCUT2D eigenvalue weighted by molar-refractivity contribution is -0.129. The lowest BCUT2D eigenvalue weighted by atomic mass is 10.0. The molecule has 121 valence electrons. The molecule has 0 aliphatic rings. The van der Waals surface area contributed by atoms with Crippen LogP contribution in [0.3, 0.4) is 0 Å². The highest BCUT2D eigenvalue weighted by Gasteiger charge is 2.22. The lowest BCUT2D eigenvalue weighted by Gasteiger charge is -2.20. The van der Waals surface area contributed by atoms with Crippen molar-refractivity contribution in [2.75, 3.05) is 0 Å². The van der Waals surface area contributed by atoms with Crippen LogP contribution in [0, 0.1) is 11.8 Å². The summed E-state index contributed by atoms with van der Waals surface area (Å²) in [6, 6.07) is -2.02. The first-order valence-electron chi connectivity index (χ1n) is 7.41. The van der Waals surface area contributed by atoms with Crippen molar-refractivity contribution in [1.82, 2.24) is 10.6 Å². The maximum atomic E-state index is 11.9. The molecule has 6 heteroatoms. The Labute approximate surface area is 127 Å². The standard InChI is InChI=1S/C15H28N3O3/c1-9(2)6-12(8-19)18-14(20)11(5)17-15(21)13(16)7-10(3)4/h9-13H,6-7,16H2,1-5H3,(H,17,21)(H,18,20)/t11-,12-,13-/m0/s1. The van der Waals surface area contributed by atoms with Crippen molar-refractivity contribution in [3.05, 3.63) is 0 Å². The highest BCUT2D eigenvalue weighted by Crippen LogP contribution is 2.04. The number of carbonyl (C=O) groups excluding carboxylic acids is 3. The van der Waals surface area contributed by atoms with E-state index in [0.717, 1.165) is 0 Å². The Morgan fingerprint density at radius 3 is 1.90 bits per heavy atom. The smallest absolute Gasteiger partial charge is 0.242 e. The molecule has 1 radical (unpaired) electrons. The molecule has 0 aliphatic heterocycles. The fourth-order valence-corrected chi connectivity index (χ4v) is 1.91. The Morgan fingerprint density at radius 2 is 1.48 bits per heavy atom. The zero-order valence-electron chi connectivity index (χ0n) is 13.6. The van der Waals surface area contributed by atoms with Crippen LogP contribution in [0.5, 0.6) is 0 Å². The number of rotatable bonds is 9. The van der Waals surface area contributed by atoms with Crippen molar-refractivity contribution in [1.29, 1.82) is 0 Å². The summed E-state index contributed by atoms with van der Waals surface area (Å²) in [7, 11) is 0. The Hall–Kier alpha value is -1.43. The molecule has 0 rings (SSSR count). The van der Waals surface area contributed by atoms with Gasteiger partial charge in [-0.05, 0) is 31.6 Å². The van der Waals surface area contributed by atoms with E-state index in [1.165, 1.54) is 0 Å². The van der Waals surface area contributed by atoms with Gasteiger partial charge in [-0.3, -0.25) is 14.4 Å². The lowest BCUT2D eigenvalue weighted by Crippen LogP contribution is -2.52. The van der Waals surface area contributed by atoms with E-state index in [1.807, 2.05) is 27.7 Å². The van der Waals surface area contributed by atoms with E-state index in [9.17, 15) is 14.4 Å². The Bertz CT molecular complexity index is 356. The van der Waals surface area contributed by atoms with Gasteiger partial charge >= 0.3 is 0 Å². The molecule has 21 heavy (non-hydrogen) atoms. The minimum atomic E-state index is -0.737. The first-order chi connectivity index (χ1) is 9.67. The predicted octanol–water partition coefficient (Wildman–Crippen LogP) is 0.505. The van der Waals surface area contributed by atoms with Crippen LogP contribution in [0.25, 0.3) is 0 Å². The second-order valence-corrected chi connectivity index (χ2v) is 6.27. The molecule has 0 aromatic heterocycles. The van der Waals surface area contributed by atoms with Crippen LogP contribution >= 0.6 is 0 Å². The number of nitrogens with two attached hydrogens (primary N) is 1. The van der Waals surface area contributed by atoms with Gasteiger partial charge in [0.05, 0.1) is 12.1 Å². The van der Waals surface area contributed by atoms with Gasteiger partial charge in [0, 0.05) is 0 Å². The first-order valence-corrected chi connectivity index (χ1v) is 7.41. The average Bonchev–Trinajstić information content (AvgIpc) is 2.36. The van der Waals surface area contributed by atoms with Crippen LogP contribution in [0.2, 0.25) is 0 Å². The fraction of sp³-hybridized carbons (Fsp3) is 0.800. The van der Waals surface area contributed by atoms with Crippen LogP contribution in [0.15, 0.2) is 0 Å². The molecule has 0 unspecified atom stereocenters. The van der Waals surface area contributed by atoms with Gasteiger partial charge in [0.25, 0.3) is 0 Å². The summed E-state index contributed by atoms with van der Waals surface area (Å²) < 4.78 is 0. The molecule has 0 aliphatic carbocycles. The third-order valence-corrected chi connectivity index (χ3v) is 2.98. The van der Waals surface area contributed by atoms with E-state index < -0.39 is 24.0 Å². The van der Waals surface area contributed by atoms with Crippen molar-refractivity contribution in [2.24, 2.45) is 17.6 Å². The quantitative estimate of drug-likeness (QED) is 0.577. The number of carbonyl (C=O) groups is 2. The van der Waals surface area contributed by atoms with Gasteiger partial charge in [0.1, 0.15) is 6.04 Å². The Kier molecular flexibility index (Phi) is 8.85. The number of hydrogen-bond acceptors (Lipinski definition) is 4. The molecule has 0 bridgehead atoms. The molecule has 0 fully saturated rings. The van der Waals surface area contributed by atoms with Crippen molar-refractivity contribution in [3.63, 3.8) is 0 Å². The summed E-state index contributed by atoms with van der Waals surface area (Å²) in [5, 5.41) is 5.13. The van der Waals surface area contributed by atoms with Gasteiger partial charge in [-0.1, -0.05) is 27.7 Å². The molecular weight excluding hydrogens is 270 g/mol. The van der Waals surface area contributed by atoms with E-state index in [0.29, 0.717) is 18.8 Å². The van der Waals surface area contributed by atoms with E-state index in [1.54, 1.807) is 13.2 Å². The van der Waals surface area contributed by atoms with Crippen LogP contribution in [-0.2, 0) is 14.4 Å². The largest absolute Gasteiger partial charge is 0.344 e. The van der Waals surface area contributed by atoms with Gasteiger partial charge < -0.3 is 16.4 Å². The molecular formula is C15H28N3O3. The zero-order valence-corrected chi connectivity index (χ0v) is 13.6. The highest BCUT2D eigenvalue weighted by molar-refractivity contribution is 5.90. The normalized spacial score (nSPS) is 15.4. The summed E-state index contributed by atoms with van der Waals surface area (Å²) in [5.41, 5.74) is 5.75. The molecule has 6 nitrogen and oxygen atoms in total. The monoisotopic (exact) mass is 298 g/mol. The van der Waals surface area contributed by atoms with Crippen LogP contribution < -0.4 is 16.4 Å². The van der Waals surface area contributed by atoms with Gasteiger partial charge in [-0.2, -0.15) is 0 Å². The number of hydrogen-bond donors (Lipinski definition) is 3. The summed E-state index contributed by atoms with van der Waals surface area (Å²) in [4.78, 5) is 34.6. The zero-order chi connectivity index (χ0) is 16.6. The summed E-state index contributed by atoms with van der Waals surface area (Å²) in [5.74, 6) is -0.202. The maximum Gasteiger partial charge on any atom is 0.242 e. The van der Waals surface area contributed by atoms with Crippen molar-refractivity contribution in [3.8, 4) is 0 Å². The van der Waals surface area contributed by atoms with Crippen LogP contribution in [0.1, 0.15) is 47.5 Å². The summed E-state index contributed by atoms with van der Waals surface area (Å²) in [6.07, 6.45) is 2.87. The molecule has 0 spiro atoms. The van der Waals surface area contributed by atoms with Gasteiger partial charge in [-0.25, -0.2) is 0 Å². The third-order valence-electron chi connectivity index (χ3n) is 2.98. The molecule has 0 aromatic rings. The summed E-state index contributed by atoms with van der Waals surface area (Å²) >= 11 is 0. The third kappa shape index (κ3) is 8.45. The van der Waals surface area contributed by atoms with Gasteiger partial charge in [0.15, 0.2) is 0 Å². The second-order valence-electron chi connectivity index (χ2n) is 6.27. The first kappa shape index (κ1) is 19.6. The minimum Gasteiger partial charge on any atom is -0.344 e. The highest BCUT2D eigenvalue weighted by atomic mass is 16.2. The Morgan fingerprint density at radius 1 is 0.952 bits per heavy atom. The van der Waals surface area contributed by atoms with Crippen LogP contribution in [-0.4, -0.2) is 36.2 Å². The Balaban J connectivity index is 4.37. The number of amides is 2. The van der Waals surface area contributed by atoms with Crippen LogP contribution in [0.4, 0.5) is 0 Å². The molecule has 4 N–H and O–H groups in total. The van der Waals surface area contributed by atoms with E-state index >= 15 is 0 Å².